The minimum Gasteiger partial charge on any atom is -0.460 e. The molecule has 140 valence electrons. The number of rotatable bonds is 4. The number of aryl methyl sites for hydroxylation is 1. The highest BCUT2D eigenvalue weighted by Gasteiger charge is 2.17. The Balaban J connectivity index is 1.80. The number of amides is 1. The molecule has 0 fully saturated rings. The van der Waals surface area contributed by atoms with Crippen molar-refractivity contribution in [2.75, 3.05) is 5.32 Å². The quantitative estimate of drug-likeness (QED) is 0.467. The van der Waals surface area contributed by atoms with E-state index in [1.54, 1.807) is 6.07 Å². The average Bonchev–Trinajstić information content (AvgIpc) is 3.13. The first-order chi connectivity index (χ1) is 13.5. The number of benzene rings is 2. The van der Waals surface area contributed by atoms with Gasteiger partial charge in [-0.2, -0.15) is 0 Å². The van der Waals surface area contributed by atoms with Crippen molar-refractivity contribution in [3.8, 4) is 11.5 Å². The Labute approximate surface area is 164 Å². The van der Waals surface area contributed by atoms with Gasteiger partial charge >= 0.3 is 0 Å². The molecule has 1 amide bonds. The summed E-state index contributed by atoms with van der Waals surface area (Å²) in [6, 6.07) is 21.1. The topological polar surface area (TPSA) is 55.1 Å². The largest absolute Gasteiger partial charge is 0.460 e. The molecule has 4 aromatic rings. The van der Waals surface area contributed by atoms with Crippen LogP contribution in [0.4, 0.5) is 5.69 Å². The molecule has 0 unspecified atom stereocenters. The molecule has 0 bridgehead atoms. The van der Waals surface area contributed by atoms with Crippen molar-refractivity contribution in [3.05, 3.63) is 83.6 Å². The van der Waals surface area contributed by atoms with Crippen molar-refractivity contribution in [2.24, 2.45) is 0 Å². The Hall–Kier alpha value is -3.40. The fourth-order valence-electron chi connectivity index (χ4n) is 3.37. The van der Waals surface area contributed by atoms with Crippen LogP contribution in [-0.4, -0.2) is 10.9 Å². The summed E-state index contributed by atoms with van der Waals surface area (Å²) in [5, 5.41) is 3.90. The fraction of sp³-hybridized carbons (Fsp3) is 0.167. The van der Waals surface area contributed by atoms with Crippen molar-refractivity contribution in [2.45, 2.75) is 26.7 Å². The van der Waals surface area contributed by atoms with Crippen LogP contribution in [0, 0.1) is 6.92 Å². The number of nitrogens with one attached hydrogen (secondary N) is 1. The Bertz CT molecular complexity index is 1160. The second-order valence-corrected chi connectivity index (χ2v) is 7.18. The molecule has 0 spiro atoms. The lowest BCUT2D eigenvalue weighted by molar-refractivity contribution is 0.102. The minimum atomic E-state index is -0.156. The summed E-state index contributed by atoms with van der Waals surface area (Å²) in [7, 11) is 0. The molecule has 0 aliphatic carbocycles. The molecular weight excluding hydrogens is 348 g/mol. The van der Waals surface area contributed by atoms with Crippen molar-refractivity contribution in [1.29, 1.82) is 0 Å². The molecule has 4 rings (SSSR count). The van der Waals surface area contributed by atoms with E-state index in [9.17, 15) is 4.79 Å². The number of carbonyl (C=O) groups excluding carboxylic acids is 1. The van der Waals surface area contributed by atoms with Gasteiger partial charge in [0.15, 0.2) is 5.76 Å². The van der Waals surface area contributed by atoms with Gasteiger partial charge in [0.05, 0.1) is 11.1 Å². The number of furan rings is 1. The first-order valence-electron chi connectivity index (χ1n) is 9.40. The van der Waals surface area contributed by atoms with Crippen LogP contribution >= 0.6 is 0 Å². The van der Waals surface area contributed by atoms with Crippen LogP contribution in [-0.2, 0) is 0 Å². The lowest BCUT2D eigenvalue weighted by Crippen LogP contribution is -2.14. The normalized spacial score (nSPS) is 11.1. The molecule has 0 saturated carbocycles. The molecular formula is C24H22N2O2. The molecule has 0 radical (unpaired) electrons. The number of pyridine rings is 1. The zero-order valence-electron chi connectivity index (χ0n) is 16.2. The fourth-order valence-corrected chi connectivity index (χ4v) is 3.37. The van der Waals surface area contributed by atoms with Gasteiger partial charge < -0.3 is 9.73 Å². The molecule has 1 N–H and O–H groups in total. The molecule has 2 heterocycles. The summed E-state index contributed by atoms with van der Waals surface area (Å²) >= 11 is 0. The van der Waals surface area contributed by atoms with E-state index in [1.807, 2.05) is 67.6 Å². The maximum absolute atomic E-state index is 13.2. The van der Waals surface area contributed by atoms with Gasteiger partial charge in [-0.3, -0.25) is 4.79 Å². The highest BCUT2D eigenvalue weighted by atomic mass is 16.3. The van der Waals surface area contributed by atoms with Crippen molar-refractivity contribution >= 4 is 22.5 Å². The first kappa shape index (κ1) is 18.0. The third-order valence-corrected chi connectivity index (χ3v) is 4.78. The summed E-state index contributed by atoms with van der Waals surface area (Å²) in [5.74, 6) is 1.62. The monoisotopic (exact) mass is 370 g/mol. The van der Waals surface area contributed by atoms with Crippen LogP contribution in [0.25, 0.3) is 22.4 Å². The summed E-state index contributed by atoms with van der Waals surface area (Å²) < 4.78 is 5.73. The second kappa shape index (κ2) is 7.31. The van der Waals surface area contributed by atoms with E-state index in [0.29, 0.717) is 22.9 Å². The number of hydrogen-bond donors (Lipinski definition) is 1. The Morgan fingerprint density at radius 2 is 1.75 bits per heavy atom. The van der Waals surface area contributed by atoms with Crippen LogP contribution in [0.15, 0.2) is 71.1 Å². The third-order valence-electron chi connectivity index (χ3n) is 4.78. The van der Waals surface area contributed by atoms with E-state index in [0.717, 1.165) is 27.9 Å². The van der Waals surface area contributed by atoms with E-state index in [2.05, 4.69) is 24.1 Å². The van der Waals surface area contributed by atoms with Gasteiger partial charge in [0.2, 0.25) is 0 Å². The van der Waals surface area contributed by atoms with Crippen LogP contribution in [0.2, 0.25) is 0 Å². The van der Waals surface area contributed by atoms with Crippen LogP contribution in [0.1, 0.15) is 41.4 Å². The van der Waals surface area contributed by atoms with Crippen molar-refractivity contribution < 1.29 is 9.21 Å². The van der Waals surface area contributed by atoms with Crippen LogP contribution < -0.4 is 5.32 Å². The molecule has 2 aromatic carbocycles. The van der Waals surface area contributed by atoms with Gasteiger partial charge in [-0.1, -0.05) is 50.2 Å². The lowest BCUT2D eigenvalue weighted by Gasteiger charge is -2.15. The summed E-state index contributed by atoms with van der Waals surface area (Å²) in [6.45, 7) is 6.12. The maximum Gasteiger partial charge on any atom is 0.256 e. The van der Waals surface area contributed by atoms with Crippen LogP contribution in [0.3, 0.4) is 0 Å². The summed E-state index contributed by atoms with van der Waals surface area (Å²) in [4.78, 5) is 17.9. The molecule has 0 atom stereocenters. The number of carbonyl (C=O) groups is 1. The number of nitrogens with zero attached hydrogens (tertiary/aromatic N) is 1. The summed E-state index contributed by atoms with van der Waals surface area (Å²) in [6.07, 6.45) is 0. The highest BCUT2D eigenvalue weighted by molar-refractivity contribution is 6.13. The van der Waals surface area contributed by atoms with Gasteiger partial charge in [0, 0.05) is 11.1 Å². The molecule has 28 heavy (non-hydrogen) atoms. The number of hydrogen-bond acceptors (Lipinski definition) is 3. The Morgan fingerprint density at radius 3 is 2.50 bits per heavy atom. The highest BCUT2D eigenvalue weighted by Crippen LogP contribution is 2.28. The van der Waals surface area contributed by atoms with E-state index in [1.165, 1.54) is 0 Å². The van der Waals surface area contributed by atoms with E-state index >= 15 is 0 Å². The van der Waals surface area contributed by atoms with Crippen LogP contribution in [0.5, 0.6) is 0 Å². The molecule has 2 aromatic heterocycles. The maximum atomic E-state index is 13.2. The molecule has 0 saturated heterocycles. The predicted octanol–water partition coefficient (Wildman–Crippen LogP) is 6.18. The third kappa shape index (κ3) is 3.41. The standard InChI is InChI=1S/C24H22N2O2/c1-15(2)17-8-4-6-10-20(17)26-24(27)19-14-22(23-13-12-16(3)28-23)25-21-11-7-5-9-18(19)21/h4-15H,1-3H3,(H,26,27). The number of aromatic nitrogens is 1. The SMILES string of the molecule is Cc1ccc(-c2cc(C(=O)Nc3ccccc3C(C)C)c3ccccc3n2)o1. The minimum absolute atomic E-state index is 0.156. The van der Waals surface area contributed by atoms with Gasteiger partial charge in [-0.15, -0.1) is 0 Å². The van der Waals surface area contributed by atoms with E-state index in [4.69, 9.17) is 4.42 Å². The molecule has 0 aliphatic heterocycles. The zero-order valence-corrected chi connectivity index (χ0v) is 16.2. The molecule has 4 heteroatoms. The second-order valence-electron chi connectivity index (χ2n) is 7.18. The average molecular weight is 370 g/mol. The number of anilines is 1. The smallest absolute Gasteiger partial charge is 0.256 e. The zero-order chi connectivity index (χ0) is 19.7. The van der Waals surface area contributed by atoms with Gasteiger partial charge in [0.25, 0.3) is 5.91 Å². The Kier molecular flexibility index (Phi) is 4.70. The van der Waals surface area contributed by atoms with Gasteiger partial charge in [-0.25, -0.2) is 4.98 Å². The summed E-state index contributed by atoms with van der Waals surface area (Å²) in [5.41, 5.74) is 3.92. The number of fused-ring (bicyclic) bond motifs is 1. The Morgan fingerprint density at radius 1 is 1.00 bits per heavy atom. The van der Waals surface area contributed by atoms with Gasteiger partial charge in [0.1, 0.15) is 11.5 Å². The lowest BCUT2D eigenvalue weighted by atomic mass is 10.0. The van der Waals surface area contributed by atoms with Crippen molar-refractivity contribution in [3.63, 3.8) is 0 Å². The van der Waals surface area contributed by atoms with Crippen molar-refractivity contribution in [1.82, 2.24) is 4.98 Å². The number of para-hydroxylation sites is 2. The molecule has 4 nitrogen and oxygen atoms in total. The first-order valence-corrected chi connectivity index (χ1v) is 9.40. The van der Waals surface area contributed by atoms with Gasteiger partial charge in [-0.05, 0) is 48.7 Å². The predicted molar refractivity (Wildman–Crippen MR) is 113 cm³/mol. The molecule has 0 aliphatic rings. The van der Waals surface area contributed by atoms with E-state index < -0.39 is 0 Å². The van der Waals surface area contributed by atoms with E-state index in [-0.39, 0.29) is 5.91 Å².